The number of rotatable bonds is 5. The summed E-state index contributed by atoms with van der Waals surface area (Å²) < 4.78 is 2.45. The van der Waals surface area contributed by atoms with Gasteiger partial charge >= 0.3 is 0 Å². The minimum atomic E-state index is 0.905. The number of hydrogen-bond acceptors (Lipinski definition) is 8. The predicted octanol–water partition coefficient (Wildman–Crippen LogP) is 4.17. The number of fused-ring (bicyclic) bond motifs is 2. The summed E-state index contributed by atoms with van der Waals surface area (Å²) in [7, 11) is 0. The van der Waals surface area contributed by atoms with E-state index in [4.69, 9.17) is 9.97 Å². The van der Waals surface area contributed by atoms with Crippen molar-refractivity contribution in [2.75, 3.05) is 26.2 Å². The third-order valence-corrected chi connectivity index (χ3v) is 7.92. The van der Waals surface area contributed by atoms with Crippen LogP contribution in [0.1, 0.15) is 34.0 Å². The Morgan fingerprint density at radius 3 is 1.62 bits per heavy atom. The quantitative estimate of drug-likeness (QED) is 0.469. The number of hydrogen-bond donors (Lipinski definition) is 2. The number of aromatic nitrogens is 2. The maximum Gasteiger partial charge on any atom is 0.128 e. The average molecular weight is 461 g/mol. The lowest BCUT2D eigenvalue weighted by Gasteiger charge is -2.14. The van der Waals surface area contributed by atoms with E-state index < -0.39 is 0 Å². The Morgan fingerprint density at radius 1 is 0.688 bits per heavy atom. The summed E-state index contributed by atoms with van der Waals surface area (Å²) in [5.74, 6) is 2.02. The molecule has 0 aliphatic carbocycles. The van der Waals surface area contributed by atoms with Gasteiger partial charge in [0.1, 0.15) is 11.7 Å². The molecule has 2 N–H and O–H groups in total. The van der Waals surface area contributed by atoms with Crippen molar-refractivity contribution in [2.45, 2.75) is 25.7 Å². The Labute approximate surface area is 194 Å². The number of aliphatic imine (C=N–C) groups is 2. The molecule has 6 nitrogen and oxygen atoms in total. The van der Waals surface area contributed by atoms with Gasteiger partial charge in [-0.2, -0.15) is 0 Å². The van der Waals surface area contributed by atoms with Gasteiger partial charge in [0.15, 0.2) is 0 Å². The molecule has 0 saturated heterocycles. The van der Waals surface area contributed by atoms with Gasteiger partial charge in [-0.3, -0.25) is 9.98 Å². The molecule has 6 rings (SSSR count). The molecule has 0 radical (unpaired) electrons. The summed E-state index contributed by atoms with van der Waals surface area (Å²) >= 11 is 3.56. The smallest absolute Gasteiger partial charge is 0.128 e. The zero-order chi connectivity index (χ0) is 21.3. The van der Waals surface area contributed by atoms with Crippen molar-refractivity contribution in [3.05, 3.63) is 57.5 Å². The van der Waals surface area contributed by atoms with E-state index in [-0.39, 0.29) is 0 Å². The average Bonchev–Trinajstić information content (AvgIpc) is 3.46. The minimum absolute atomic E-state index is 0.905. The van der Waals surface area contributed by atoms with Crippen molar-refractivity contribution in [1.82, 2.24) is 20.6 Å². The highest BCUT2D eigenvalue weighted by atomic mass is 32.1. The standard InChI is InChI=1S/C24H24N6S2/c1-9-25-23(26-10-1)15-3-5-17-19(13-15)31-21(29-17)7-8-22-30-18-6-4-16(14-20(18)32-22)24-27-11-2-12-28-24/h3-6,13-14H,1-2,7-12H2,(H,25,26)(H,27,28). The zero-order valence-corrected chi connectivity index (χ0v) is 19.4. The maximum atomic E-state index is 4.85. The van der Waals surface area contributed by atoms with E-state index in [0.717, 1.165) is 95.7 Å². The van der Waals surface area contributed by atoms with Crippen LogP contribution in [0.15, 0.2) is 46.4 Å². The van der Waals surface area contributed by atoms with Crippen LogP contribution in [0.25, 0.3) is 20.4 Å². The van der Waals surface area contributed by atoms with Crippen LogP contribution in [0.2, 0.25) is 0 Å². The molecule has 2 aliphatic rings. The lowest BCUT2D eigenvalue weighted by Crippen LogP contribution is -2.30. The fraction of sp³-hybridized carbons (Fsp3) is 0.333. The largest absolute Gasteiger partial charge is 0.370 e. The minimum Gasteiger partial charge on any atom is -0.370 e. The molecule has 0 fully saturated rings. The molecule has 2 aromatic carbocycles. The SMILES string of the molecule is c1cc2nc(CCc3nc4ccc(C5=NCCCN5)cc4s3)sc2cc1C1=NCCCN1. The fourth-order valence-electron chi connectivity index (χ4n) is 4.12. The van der Waals surface area contributed by atoms with Crippen LogP contribution in [-0.4, -0.2) is 47.8 Å². The second-order valence-electron chi connectivity index (χ2n) is 8.10. The molecule has 0 atom stereocenters. The van der Waals surface area contributed by atoms with E-state index in [9.17, 15) is 0 Å². The van der Waals surface area contributed by atoms with Crippen LogP contribution in [0.4, 0.5) is 0 Å². The van der Waals surface area contributed by atoms with E-state index in [1.807, 2.05) is 0 Å². The summed E-state index contributed by atoms with van der Waals surface area (Å²) in [4.78, 5) is 18.9. The number of nitrogens with one attached hydrogen (secondary N) is 2. The Kier molecular flexibility index (Phi) is 5.32. The van der Waals surface area contributed by atoms with Gasteiger partial charge in [-0.05, 0) is 49.2 Å². The van der Waals surface area contributed by atoms with E-state index in [1.54, 1.807) is 22.7 Å². The third-order valence-electron chi connectivity index (χ3n) is 5.76. The molecule has 0 unspecified atom stereocenters. The summed E-state index contributed by atoms with van der Waals surface area (Å²) in [6, 6.07) is 12.9. The molecule has 2 aliphatic heterocycles. The molecular weight excluding hydrogens is 436 g/mol. The first-order valence-electron chi connectivity index (χ1n) is 11.2. The topological polar surface area (TPSA) is 74.6 Å². The molecule has 162 valence electrons. The molecule has 2 aromatic heterocycles. The lowest BCUT2D eigenvalue weighted by molar-refractivity contribution is 0.742. The number of nitrogens with zero attached hydrogens (tertiary/aromatic N) is 4. The molecular formula is C24H24N6S2. The van der Waals surface area contributed by atoms with Crippen LogP contribution in [0.5, 0.6) is 0 Å². The van der Waals surface area contributed by atoms with Gasteiger partial charge in [-0.1, -0.05) is 0 Å². The third kappa shape index (κ3) is 4.00. The van der Waals surface area contributed by atoms with Crippen molar-refractivity contribution in [3.63, 3.8) is 0 Å². The van der Waals surface area contributed by atoms with Gasteiger partial charge in [-0.25, -0.2) is 9.97 Å². The number of amidine groups is 2. The summed E-state index contributed by atoms with van der Waals surface area (Å²) in [6.07, 6.45) is 4.04. The van der Waals surface area contributed by atoms with Gasteiger partial charge in [0.2, 0.25) is 0 Å². The molecule has 0 spiro atoms. The van der Waals surface area contributed by atoms with Gasteiger partial charge in [0.05, 0.1) is 30.4 Å². The summed E-state index contributed by atoms with van der Waals surface area (Å²) in [5, 5.41) is 9.14. The highest BCUT2D eigenvalue weighted by Gasteiger charge is 2.13. The van der Waals surface area contributed by atoms with E-state index in [2.05, 4.69) is 57.0 Å². The molecule has 0 amide bonds. The molecule has 4 aromatic rings. The second-order valence-corrected chi connectivity index (χ2v) is 10.3. The van der Waals surface area contributed by atoms with Gasteiger partial charge < -0.3 is 10.6 Å². The Morgan fingerprint density at radius 2 is 1.19 bits per heavy atom. The van der Waals surface area contributed by atoms with Crippen molar-refractivity contribution >= 4 is 54.8 Å². The number of thiazole rings is 2. The van der Waals surface area contributed by atoms with Gasteiger partial charge in [0.25, 0.3) is 0 Å². The first kappa shape index (κ1) is 19.8. The van der Waals surface area contributed by atoms with Crippen LogP contribution in [0, 0.1) is 0 Å². The maximum absolute atomic E-state index is 4.85. The van der Waals surface area contributed by atoms with Crippen LogP contribution in [-0.2, 0) is 12.8 Å². The van der Waals surface area contributed by atoms with Crippen molar-refractivity contribution in [2.24, 2.45) is 9.98 Å². The fourth-order valence-corrected chi connectivity index (χ4v) is 6.13. The van der Waals surface area contributed by atoms with Crippen LogP contribution >= 0.6 is 22.7 Å². The van der Waals surface area contributed by atoms with E-state index >= 15 is 0 Å². The Bertz CT molecular complexity index is 1250. The summed E-state index contributed by atoms with van der Waals surface area (Å²) in [5.41, 5.74) is 4.46. The van der Waals surface area contributed by atoms with Crippen molar-refractivity contribution < 1.29 is 0 Å². The van der Waals surface area contributed by atoms with Crippen LogP contribution < -0.4 is 10.6 Å². The van der Waals surface area contributed by atoms with Crippen molar-refractivity contribution in [1.29, 1.82) is 0 Å². The second kappa shape index (κ2) is 8.60. The van der Waals surface area contributed by atoms with E-state index in [0.29, 0.717) is 0 Å². The predicted molar refractivity (Wildman–Crippen MR) is 135 cm³/mol. The first-order chi connectivity index (χ1) is 15.8. The molecule has 4 heterocycles. The first-order valence-corrected chi connectivity index (χ1v) is 12.8. The highest BCUT2D eigenvalue weighted by molar-refractivity contribution is 7.19. The van der Waals surface area contributed by atoms with Crippen molar-refractivity contribution in [3.8, 4) is 0 Å². The van der Waals surface area contributed by atoms with Gasteiger partial charge in [0, 0.05) is 50.1 Å². The number of benzene rings is 2. The Balaban J connectivity index is 1.19. The molecule has 0 bridgehead atoms. The normalized spacial score (nSPS) is 16.5. The molecule has 0 saturated carbocycles. The Hall–Kier alpha value is -2.84. The van der Waals surface area contributed by atoms with E-state index in [1.165, 1.54) is 9.40 Å². The highest BCUT2D eigenvalue weighted by Crippen LogP contribution is 2.27. The van der Waals surface area contributed by atoms with Crippen LogP contribution in [0.3, 0.4) is 0 Å². The number of aryl methyl sites for hydroxylation is 2. The summed E-state index contributed by atoms with van der Waals surface area (Å²) in [6.45, 7) is 3.81. The molecule has 32 heavy (non-hydrogen) atoms. The lowest BCUT2D eigenvalue weighted by atomic mass is 10.1. The van der Waals surface area contributed by atoms with Gasteiger partial charge in [-0.15, -0.1) is 22.7 Å². The molecule has 8 heteroatoms. The zero-order valence-electron chi connectivity index (χ0n) is 17.7. The monoisotopic (exact) mass is 460 g/mol.